The first-order valence-electron chi connectivity index (χ1n) is 8.21. The highest BCUT2D eigenvalue weighted by Gasteiger charge is 2.14. The van der Waals surface area contributed by atoms with Crippen LogP contribution >= 0.6 is 11.8 Å². The number of hydrogen-bond acceptors (Lipinski definition) is 4. The number of carbonyl (C=O) groups excluding carboxylic acids is 1. The molecule has 0 unspecified atom stereocenters. The number of fused-ring (bicyclic) bond motifs is 1. The van der Waals surface area contributed by atoms with Crippen molar-refractivity contribution in [3.05, 3.63) is 69.4 Å². The van der Waals surface area contributed by atoms with Crippen molar-refractivity contribution in [3.63, 3.8) is 0 Å². The van der Waals surface area contributed by atoms with E-state index in [1.54, 1.807) is 49.0 Å². The maximum Gasteiger partial charge on any atom is 0.331 e. The predicted molar refractivity (Wildman–Crippen MR) is 105 cm³/mol. The Hall–Kier alpha value is -2.80. The van der Waals surface area contributed by atoms with Crippen molar-refractivity contribution in [1.29, 1.82) is 0 Å². The molecule has 0 bridgehead atoms. The van der Waals surface area contributed by atoms with Crippen molar-refractivity contribution in [1.82, 2.24) is 9.13 Å². The zero-order chi connectivity index (χ0) is 18.7. The van der Waals surface area contributed by atoms with Crippen LogP contribution in [-0.2, 0) is 17.9 Å². The van der Waals surface area contributed by atoms with E-state index >= 15 is 0 Å². The fourth-order valence-corrected chi connectivity index (χ4v) is 3.31. The van der Waals surface area contributed by atoms with Crippen molar-refractivity contribution in [2.45, 2.75) is 24.9 Å². The van der Waals surface area contributed by atoms with Crippen molar-refractivity contribution < 1.29 is 4.79 Å². The molecule has 2 aromatic carbocycles. The first-order valence-corrected chi connectivity index (χ1v) is 9.44. The summed E-state index contributed by atoms with van der Waals surface area (Å²) >= 11 is 1.58. The van der Waals surface area contributed by atoms with Crippen LogP contribution in [0, 0.1) is 0 Å². The number of hydrogen-bond donors (Lipinski definition) is 1. The van der Waals surface area contributed by atoms with Gasteiger partial charge in [-0.05, 0) is 43.5 Å². The molecule has 1 N–H and O–H groups in total. The molecule has 0 atom stereocenters. The third-order valence-corrected chi connectivity index (χ3v) is 4.83. The number of nitrogens with one attached hydrogen (secondary N) is 1. The Kier molecular flexibility index (Phi) is 5.27. The van der Waals surface area contributed by atoms with Crippen LogP contribution in [0.2, 0.25) is 0 Å². The molecular formula is C19H19N3O3S. The van der Waals surface area contributed by atoms with Crippen LogP contribution in [0.4, 0.5) is 5.69 Å². The van der Waals surface area contributed by atoms with Crippen LogP contribution in [0.3, 0.4) is 0 Å². The molecule has 0 saturated heterocycles. The standard InChI is InChI=1S/C19H19N3O3S/c1-3-21-18(24)15-9-4-5-10-16(15)22(19(21)25)12-17(23)20-13-7-6-8-14(11-13)26-2/h4-11H,3,12H2,1-2H3,(H,20,23). The minimum absolute atomic E-state index is 0.164. The Balaban J connectivity index is 1.99. The van der Waals surface area contributed by atoms with E-state index in [0.29, 0.717) is 16.6 Å². The van der Waals surface area contributed by atoms with Crippen LogP contribution in [-0.4, -0.2) is 21.3 Å². The van der Waals surface area contributed by atoms with Gasteiger partial charge in [0.25, 0.3) is 5.56 Å². The van der Waals surface area contributed by atoms with Gasteiger partial charge >= 0.3 is 5.69 Å². The monoisotopic (exact) mass is 369 g/mol. The van der Waals surface area contributed by atoms with Crippen LogP contribution in [0.15, 0.2) is 63.0 Å². The molecule has 0 fully saturated rings. The van der Waals surface area contributed by atoms with Gasteiger partial charge in [0.15, 0.2) is 0 Å². The molecule has 3 aromatic rings. The zero-order valence-electron chi connectivity index (χ0n) is 14.6. The molecule has 7 heteroatoms. The summed E-state index contributed by atoms with van der Waals surface area (Å²) in [4.78, 5) is 38.6. The largest absolute Gasteiger partial charge is 0.331 e. The summed E-state index contributed by atoms with van der Waals surface area (Å²) < 4.78 is 2.48. The molecule has 0 saturated carbocycles. The van der Waals surface area contributed by atoms with Crippen LogP contribution in [0.25, 0.3) is 10.9 Å². The molecule has 6 nitrogen and oxygen atoms in total. The lowest BCUT2D eigenvalue weighted by molar-refractivity contribution is -0.116. The molecule has 1 amide bonds. The molecule has 1 heterocycles. The van der Waals surface area contributed by atoms with E-state index in [1.807, 2.05) is 24.5 Å². The van der Waals surface area contributed by atoms with Gasteiger partial charge in [0, 0.05) is 17.1 Å². The van der Waals surface area contributed by atoms with Gasteiger partial charge in [-0.2, -0.15) is 0 Å². The van der Waals surface area contributed by atoms with Crippen molar-refractivity contribution in [2.75, 3.05) is 11.6 Å². The minimum atomic E-state index is -0.482. The second kappa shape index (κ2) is 7.61. The van der Waals surface area contributed by atoms with Crippen molar-refractivity contribution in [3.8, 4) is 0 Å². The predicted octanol–water partition coefficient (Wildman–Crippen LogP) is 2.54. The van der Waals surface area contributed by atoms with E-state index < -0.39 is 5.69 Å². The molecule has 0 aliphatic heterocycles. The average molecular weight is 369 g/mol. The summed E-state index contributed by atoms with van der Waals surface area (Å²) in [6.45, 7) is 1.82. The van der Waals surface area contributed by atoms with Gasteiger partial charge in [0.05, 0.1) is 10.9 Å². The fourth-order valence-electron chi connectivity index (χ4n) is 2.85. The van der Waals surface area contributed by atoms with E-state index in [9.17, 15) is 14.4 Å². The van der Waals surface area contributed by atoms with Crippen molar-refractivity contribution in [2.24, 2.45) is 0 Å². The summed E-state index contributed by atoms with van der Waals surface area (Å²) in [7, 11) is 0. The lowest BCUT2D eigenvalue weighted by Crippen LogP contribution is -2.41. The number of anilines is 1. The Morgan fingerprint density at radius 1 is 1.08 bits per heavy atom. The van der Waals surface area contributed by atoms with Gasteiger partial charge in [-0.25, -0.2) is 4.79 Å². The van der Waals surface area contributed by atoms with Gasteiger partial charge in [-0.15, -0.1) is 11.8 Å². The Labute approximate surface area is 154 Å². The Morgan fingerprint density at radius 3 is 2.58 bits per heavy atom. The molecular weight excluding hydrogens is 350 g/mol. The molecule has 0 aliphatic carbocycles. The number of amides is 1. The Morgan fingerprint density at radius 2 is 1.85 bits per heavy atom. The maximum absolute atomic E-state index is 12.7. The lowest BCUT2D eigenvalue weighted by Gasteiger charge is -2.13. The number of nitrogens with zero attached hydrogens (tertiary/aromatic N) is 2. The number of aromatic nitrogens is 2. The normalized spacial score (nSPS) is 10.8. The summed E-state index contributed by atoms with van der Waals surface area (Å²) in [5.74, 6) is -0.322. The van der Waals surface area contributed by atoms with Gasteiger partial charge < -0.3 is 5.32 Å². The second-order valence-electron chi connectivity index (χ2n) is 5.72. The zero-order valence-corrected chi connectivity index (χ0v) is 15.4. The van der Waals surface area contributed by atoms with Crippen LogP contribution in [0.5, 0.6) is 0 Å². The van der Waals surface area contributed by atoms with Crippen LogP contribution in [0.1, 0.15) is 6.92 Å². The summed E-state index contributed by atoms with van der Waals surface area (Å²) in [5, 5.41) is 3.23. The molecule has 1 aromatic heterocycles. The molecule has 3 rings (SSSR count). The minimum Gasteiger partial charge on any atom is -0.324 e. The van der Waals surface area contributed by atoms with E-state index in [1.165, 1.54) is 4.57 Å². The molecule has 0 radical (unpaired) electrons. The second-order valence-corrected chi connectivity index (χ2v) is 6.60. The summed E-state index contributed by atoms with van der Waals surface area (Å²) in [5.41, 5.74) is 0.310. The highest BCUT2D eigenvalue weighted by Crippen LogP contribution is 2.19. The van der Waals surface area contributed by atoms with E-state index in [0.717, 1.165) is 9.46 Å². The van der Waals surface area contributed by atoms with Gasteiger partial charge in [0.2, 0.25) is 5.91 Å². The third-order valence-electron chi connectivity index (χ3n) is 4.10. The number of benzene rings is 2. The number of thioether (sulfide) groups is 1. The fraction of sp³-hybridized carbons (Fsp3) is 0.211. The van der Waals surface area contributed by atoms with Gasteiger partial charge in [0.1, 0.15) is 6.54 Å². The van der Waals surface area contributed by atoms with Gasteiger partial charge in [-0.1, -0.05) is 18.2 Å². The van der Waals surface area contributed by atoms with E-state index in [2.05, 4.69) is 5.32 Å². The molecule has 26 heavy (non-hydrogen) atoms. The smallest absolute Gasteiger partial charge is 0.324 e. The molecule has 0 aliphatic rings. The van der Waals surface area contributed by atoms with E-state index in [-0.39, 0.29) is 24.6 Å². The highest BCUT2D eigenvalue weighted by atomic mass is 32.2. The number of carbonyl (C=O) groups is 1. The van der Waals surface area contributed by atoms with Crippen molar-refractivity contribution >= 4 is 34.3 Å². The first kappa shape index (κ1) is 18.0. The number of para-hydroxylation sites is 1. The first-order chi connectivity index (χ1) is 12.5. The van der Waals surface area contributed by atoms with E-state index in [4.69, 9.17) is 0 Å². The summed E-state index contributed by atoms with van der Waals surface area (Å²) in [6.07, 6.45) is 1.96. The van der Waals surface area contributed by atoms with Gasteiger partial charge in [-0.3, -0.25) is 18.7 Å². The van der Waals surface area contributed by atoms with Crippen LogP contribution < -0.4 is 16.6 Å². The Bertz CT molecular complexity index is 1090. The molecule has 0 spiro atoms. The average Bonchev–Trinajstić information content (AvgIpc) is 2.66. The third kappa shape index (κ3) is 3.43. The lowest BCUT2D eigenvalue weighted by atomic mass is 10.2. The topological polar surface area (TPSA) is 73.1 Å². The maximum atomic E-state index is 12.7. The SMILES string of the molecule is CCn1c(=O)c2ccccc2n(CC(=O)Nc2cccc(SC)c2)c1=O. The highest BCUT2D eigenvalue weighted by molar-refractivity contribution is 7.98. The summed E-state index contributed by atoms with van der Waals surface area (Å²) in [6, 6.07) is 14.3. The number of rotatable bonds is 5. The quantitative estimate of drug-likeness (QED) is 0.702. The molecule has 134 valence electrons.